The molecule has 0 aromatic heterocycles. The van der Waals surface area contributed by atoms with Crippen LogP contribution in [0.3, 0.4) is 0 Å². The van der Waals surface area contributed by atoms with Crippen LogP contribution in [0.4, 0.5) is 5.69 Å². The summed E-state index contributed by atoms with van der Waals surface area (Å²) in [5.74, 6) is 0.810. The number of rotatable bonds is 9. The van der Waals surface area contributed by atoms with Gasteiger partial charge in [0.25, 0.3) is 11.8 Å². The van der Waals surface area contributed by atoms with Crippen molar-refractivity contribution in [2.45, 2.75) is 13.8 Å². The molecule has 0 spiro atoms. The molecule has 1 heterocycles. The smallest absolute Gasteiger partial charge is 0.272 e. The quantitative estimate of drug-likeness (QED) is 0.634. The zero-order chi connectivity index (χ0) is 20.8. The van der Waals surface area contributed by atoms with Gasteiger partial charge in [-0.1, -0.05) is 18.2 Å². The molecule has 1 aliphatic rings. The Hall–Kier alpha value is -2.77. The number of hydrogen-bond donors (Lipinski definition) is 1. The van der Waals surface area contributed by atoms with Gasteiger partial charge in [-0.25, -0.2) is 4.90 Å². The molecular weight excluding hydrogens is 390 g/mol. The number of aliphatic hydroxyl groups excluding tert-OH is 1. The van der Waals surface area contributed by atoms with Gasteiger partial charge >= 0.3 is 0 Å². The second-order valence-electron chi connectivity index (χ2n) is 6.11. The van der Waals surface area contributed by atoms with Crippen LogP contribution in [0.15, 0.2) is 53.4 Å². The Kier molecular flexibility index (Phi) is 6.95. The molecule has 2 amide bonds. The fourth-order valence-electron chi connectivity index (χ4n) is 3.04. The molecule has 2 aromatic carbocycles. The lowest BCUT2D eigenvalue weighted by atomic mass is 10.1. The molecule has 1 aliphatic heterocycles. The largest absolute Gasteiger partial charge is 0.494 e. The summed E-state index contributed by atoms with van der Waals surface area (Å²) in [6.45, 7) is 4.70. The fourth-order valence-corrected chi connectivity index (χ4v) is 3.90. The van der Waals surface area contributed by atoms with Crippen molar-refractivity contribution in [3.8, 4) is 11.5 Å². The first-order chi connectivity index (χ1) is 14.1. The first-order valence-corrected chi connectivity index (χ1v) is 10.4. The van der Waals surface area contributed by atoms with Crippen molar-refractivity contribution in [2.24, 2.45) is 0 Å². The van der Waals surface area contributed by atoms with Gasteiger partial charge in [-0.2, -0.15) is 0 Å². The number of aliphatic hydroxyl groups is 1. The SMILES string of the molecule is CCOc1ccc(C2=C(SCCO)C(=O)N(c3cccc(OCC)c3)C2=O)cc1. The van der Waals surface area contributed by atoms with E-state index < -0.39 is 11.8 Å². The molecule has 152 valence electrons. The highest BCUT2D eigenvalue weighted by atomic mass is 32.2. The molecule has 0 aliphatic carbocycles. The monoisotopic (exact) mass is 413 g/mol. The lowest BCUT2D eigenvalue weighted by Gasteiger charge is -2.16. The van der Waals surface area contributed by atoms with Gasteiger partial charge in [0.1, 0.15) is 11.5 Å². The molecule has 1 N–H and O–H groups in total. The Morgan fingerprint density at radius 3 is 2.28 bits per heavy atom. The predicted octanol–water partition coefficient (Wildman–Crippen LogP) is 3.49. The summed E-state index contributed by atoms with van der Waals surface area (Å²) in [7, 11) is 0. The summed E-state index contributed by atoms with van der Waals surface area (Å²) >= 11 is 1.18. The molecule has 0 fully saturated rings. The summed E-state index contributed by atoms with van der Waals surface area (Å²) in [6, 6.07) is 14.0. The van der Waals surface area contributed by atoms with Crippen molar-refractivity contribution in [2.75, 3.05) is 30.5 Å². The number of anilines is 1. The van der Waals surface area contributed by atoms with Crippen LogP contribution in [0, 0.1) is 0 Å². The Morgan fingerprint density at radius 1 is 0.931 bits per heavy atom. The van der Waals surface area contributed by atoms with E-state index in [9.17, 15) is 14.7 Å². The number of carbonyl (C=O) groups is 2. The van der Waals surface area contributed by atoms with Gasteiger partial charge in [-0.15, -0.1) is 11.8 Å². The van der Waals surface area contributed by atoms with E-state index >= 15 is 0 Å². The number of nitrogens with zero attached hydrogens (tertiary/aromatic N) is 1. The van der Waals surface area contributed by atoms with Gasteiger partial charge < -0.3 is 14.6 Å². The number of hydrogen-bond acceptors (Lipinski definition) is 6. The molecule has 2 aromatic rings. The van der Waals surface area contributed by atoms with E-state index in [0.717, 1.165) is 4.90 Å². The zero-order valence-corrected chi connectivity index (χ0v) is 17.2. The van der Waals surface area contributed by atoms with Crippen molar-refractivity contribution in [3.63, 3.8) is 0 Å². The normalized spacial score (nSPS) is 14.0. The maximum Gasteiger partial charge on any atom is 0.272 e. The molecule has 29 heavy (non-hydrogen) atoms. The van der Waals surface area contributed by atoms with Gasteiger partial charge in [0.05, 0.1) is 36.0 Å². The summed E-state index contributed by atoms with van der Waals surface area (Å²) in [6.07, 6.45) is 0. The third kappa shape index (κ3) is 4.46. The van der Waals surface area contributed by atoms with E-state index in [4.69, 9.17) is 9.47 Å². The van der Waals surface area contributed by atoms with Crippen LogP contribution in [0.5, 0.6) is 11.5 Å². The summed E-state index contributed by atoms with van der Waals surface area (Å²) < 4.78 is 11.0. The van der Waals surface area contributed by atoms with E-state index in [1.165, 1.54) is 11.8 Å². The topological polar surface area (TPSA) is 76.1 Å². The van der Waals surface area contributed by atoms with Crippen LogP contribution in [-0.4, -0.2) is 42.5 Å². The number of benzene rings is 2. The van der Waals surface area contributed by atoms with Crippen LogP contribution in [0.1, 0.15) is 19.4 Å². The van der Waals surface area contributed by atoms with Crippen LogP contribution < -0.4 is 14.4 Å². The van der Waals surface area contributed by atoms with Gasteiger partial charge in [0, 0.05) is 11.8 Å². The van der Waals surface area contributed by atoms with E-state index in [2.05, 4.69) is 0 Å². The van der Waals surface area contributed by atoms with Gasteiger partial charge in [0.15, 0.2) is 0 Å². The highest BCUT2D eigenvalue weighted by Gasteiger charge is 2.40. The first-order valence-electron chi connectivity index (χ1n) is 9.43. The maximum absolute atomic E-state index is 13.3. The highest BCUT2D eigenvalue weighted by molar-refractivity contribution is 8.04. The number of amides is 2. The zero-order valence-electron chi connectivity index (χ0n) is 16.4. The van der Waals surface area contributed by atoms with Gasteiger partial charge in [-0.05, 0) is 43.7 Å². The number of carbonyl (C=O) groups excluding carboxylic acids is 2. The lowest BCUT2D eigenvalue weighted by molar-refractivity contribution is -0.119. The third-order valence-electron chi connectivity index (χ3n) is 4.22. The molecule has 0 saturated heterocycles. The second kappa shape index (κ2) is 9.62. The molecule has 3 rings (SSSR count). The number of thioether (sulfide) groups is 1. The molecule has 6 nitrogen and oxygen atoms in total. The first kappa shape index (κ1) is 21.0. The standard InChI is InChI=1S/C22H23NO5S/c1-3-27-17-10-8-15(9-11-17)19-20(29-13-12-24)22(26)23(21(19)25)16-6-5-7-18(14-16)28-4-2/h5-11,14,24H,3-4,12-13H2,1-2H3. The van der Waals surface area contributed by atoms with Gasteiger partial charge in [-0.3, -0.25) is 9.59 Å². The number of imide groups is 1. The molecular formula is C22H23NO5S. The average molecular weight is 413 g/mol. The molecule has 0 atom stereocenters. The van der Waals surface area contributed by atoms with Crippen LogP contribution in [0.25, 0.3) is 5.57 Å². The minimum Gasteiger partial charge on any atom is -0.494 e. The second-order valence-corrected chi connectivity index (χ2v) is 7.21. The summed E-state index contributed by atoms with van der Waals surface area (Å²) in [5.41, 5.74) is 1.42. The Balaban J connectivity index is 2.00. The van der Waals surface area contributed by atoms with Crippen molar-refractivity contribution in [1.82, 2.24) is 0 Å². The van der Waals surface area contributed by atoms with Crippen LogP contribution in [-0.2, 0) is 9.59 Å². The molecule has 0 unspecified atom stereocenters. The van der Waals surface area contributed by atoms with E-state index in [-0.39, 0.29) is 6.61 Å². The van der Waals surface area contributed by atoms with Gasteiger partial charge in [0.2, 0.25) is 0 Å². The third-order valence-corrected chi connectivity index (χ3v) is 5.27. The minimum atomic E-state index is -0.397. The molecule has 0 radical (unpaired) electrons. The lowest BCUT2D eigenvalue weighted by Crippen LogP contribution is -2.31. The van der Waals surface area contributed by atoms with E-state index in [1.807, 2.05) is 13.8 Å². The maximum atomic E-state index is 13.3. The number of ether oxygens (including phenoxy) is 2. The fraction of sp³-hybridized carbons (Fsp3) is 0.273. The minimum absolute atomic E-state index is 0.0912. The molecule has 7 heteroatoms. The summed E-state index contributed by atoms with van der Waals surface area (Å²) in [5, 5.41) is 9.22. The van der Waals surface area contributed by atoms with Crippen molar-refractivity contribution in [1.29, 1.82) is 0 Å². The Morgan fingerprint density at radius 2 is 1.62 bits per heavy atom. The van der Waals surface area contributed by atoms with Crippen molar-refractivity contribution >= 4 is 34.8 Å². The Labute approximate surface area is 174 Å². The predicted molar refractivity (Wildman–Crippen MR) is 114 cm³/mol. The van der Waals surface area contributed by atoms with E-state index in [1.54, 1.807) is 48.5 Å². The molecule has 0 bridgehead atoms. The van der Waals surface area contributed by atoms with E-state index in [0.29, 0.717) is 52.2 Å². The highest BCUT2D eigenvalue weighted by Crippen LogP contribution is 2.39. The molecule has 0 saturated carbocycles. The van der Waals surface area contributed by atoms with Crippen LogP contribution in [0.2, 0.25) is 0 Å². The summed E-state index contributed by atoms with van der Waals surface area (Å²) in [4.78, 5) is 27.9. The average Bonchev–Trinajstić information content (AvgIpc) is 2.97. The van der Waals surface area contributed by atoms with Crippen molar-refractivity contribution in [3.05, 3.63) is 59.0 Å². The van der Waals surface area contributed by atoms with Crippen LogP contribution >= 0.6 is 11.8 Å². The Bertz CT molecular complexity index is 923. The van der Waals surface area contributed by atoms with Crippen molar-refractivity contribution < 1.29 is 24.2 Å².